The lowest BCUT2D eigenvalue weighted by molar-refractivity contribution is -0.121. The highest BCUT2D eigenvalue weighted by Crippen LogP contribution is 2.04. The van der Waals surface area contributed by atoms with E-state index in [1.165, 1.54) is 0 Å². The van der Waals surface area contributed by atoms with Crippen LogP contribution in [0.1, 0.15) is 24.3 Å². The number of amides is 2. The molecule has 1 unspecified atom stereocenters. The third-order valence-electron chi connectivity index (χ3n) is 2.60. The molecule has 0 aliphatic carbocycles. The average Bonchev–Trinajstić information content (AvgIpc) is 2.48. The number of hydrogen-bond acceptors (Lipinski definition) is 6. The Kier molecular flexibility index (Phi) is 7.10. The average molecular weight is 295 g/mol. The van der Waals surface area contributed by atoms with Gasteiger partial charge in [0.05, 0.1) is 6.61 Å². The first-order valence-electron chi connectivity index (χ1n) is 6.73. The molecule has 0 radical (unpaired) electrons. The van der Waals surface area contributed by atoms with E-state index in [1.807, 2.05) is 6.92 Å². The van der Waals surface area contributed by atoms with E-state index in [1.54, 1.807) is 26.2 Å². The van der Waals surface area contributed by atoms with Gasteiger partial charge in [-0.25, -0.2) is 0 Å². The van der Waals surface area contributed by atoms with Gasteiger partial charge in [-0.1, -0.05) is 0 Å². The van der Waals surface area contributed by atoms with Gasteiger partial charge in [-0.05, 0) is 26.0 Å². The van der Waals surface area contributed by atoms with E-state index in [9.17, 15) is 9.59 Å². The van der Waals surface area contributed by atoms with Gasteiger partial charge in [0.2, 0.25) is 5.91 Å². The van der Waals surface area contributed by atoms with Crippen LogP contribution in [0.4, 0.5) is 5.82 Å². The highest BCUT2D eigenvalue weighted by Gasteiger charge is 2.13. The van der Waals surface area contributed by atoms with Crippen LogP contribution in [0.3, 0.4) is 0 Å². The molecular formula is C13H21N5O3. The first-order chi connectivity index (χ1) is 10.1. The van der Waals surface area contributed by atoms with Crippen molar-refractivity contribution in [2.45, 2.75) is 19.9 Å². The number of ether oxygens (including phenoxy) is 1. The van der Waals surface area contributed by atoms with Crippen LogP contribution in [0.2, 0.25) is 0 Å². The Balaban J connectivity index is 2.51. The molecule has 3 N–H and O–H groups in total. The third kappa shape index (κ3) is 5.74. The Morgan fingerprint density at radius 1 is 1.29 bits per heavy atom. The van der Waals surface area contributed by atoms with Crippen LogP contribution in [-0.2, 0) is 9.53 Å². The molecule has 0 fully saturated rings. The topological polar surface area (TPSA) is 105 Å². The summed E-state index contributed by atoms with van der Waals surface area (Å²) in [6, 6.07) is 2.69. The molecule has 2 amide bonds. The van der Waals surface area contributed by atoms with Crippen LogP contribution in [0, 0.1) is 0 Å². The summed E-state index contributed by atoms with van der Waals surface area (Å²) in [5, 5.41) is 15.9. The molecule has 0 saturated heterocycles. The van der Waals surface area contributed by atoms with Gasteiger partial charge >= 0.3 is 0 Å². The standard InChI is InChI=1S/C13H21N5O3/c1-4-14-13(20)10-5-6-11(18-17-10)16-9(2)12(19)15-7-8-21-3/h5-6,9H,4,7-8H2,1-3H3,(H,14,20)(H,15,19)(H,16,18). The van der Waals surface area contributed by atoms with Crippen molar-refractivity contribution < 1.29 is 14.3 Å². The molecule has 1 aromatic heterocycles. The number of methoxy groups -OCH3 is 1. The molecule has 8 nitrogen and oxygen atoms in total. The number of carbonyl (C=O) groups is 2. The molecule has 0 bridgehead atoms. The fourth-order valence-corrected chi connectivity index (χ4v) is 1.50. The predicted octanol–water partition coefficient (Wildman–Crippen LogP) is -0.211. The summed E-state index contributed by atoms with van der Waals surface area (Å²) in [6.45, 7) is 4.97. The van der Waals surface area contributed by atoms with Crippen LogP contribution in [0.5, 0.6) is 0 Å². The van der Waals surface area contributed by atoms with Crippen molar-refractivity contribution in [3.05, 3.63) is 17.8 Å². The minimum absolute atomic E-state index is 0.165. The second-order valence-electron chi connectivity index (χ2n) is 4.31. The van der Waals surface area contributed by atoms with Crippen molar-refractivity contribution in [1.29, 1.82) is 0 Å². The lowest BCUT2D eigenvalue weighted by Gasteiger charge is -2.14. The lowest BCUT2D eigenvalue weighted by Crippen LogP contribution is -2.39. The largest absolute Gasteiger partial charge is 0.383 e. The van der Waals surface area contributed by atoms with E-state index < -0.39 is 6.04 Å². The second-order valence-corrected chi connectivity index (χ2v) is 4.31. The minimum atomic E-state index is -0.466. The number of rotatable bonds is 8. The maximum absolute atomic E-state index is 11.7. The van der Waals surface area contributed by atoms with Crippen molar-refractivity contribution in [2.24, 2.45) is 0 Å². The van der Waals surface area contributed by atoms with E-state index in [0.29, 0.717) is 25.5 Å². The molecule has 1 aromatic rings. The van der Waals surface area contributed by atoms with Crippen LogP contribution in [-0.4, -0.2) is 54.9 Å². The molecule has 116 valence electrons. The van der Waals surface area contributed by atoms with Gasteiger partial charge in [0.1, 0.15) is 11.9 Å². The SMILES string of the molecule is CCNC(=O)c1ccc(NC(C)C(=O)NCCOC)nn1. The summed E-state index contributed by atoms with van der Waals surface area (Å²) in [5.74, 6) is -0.0130. The van der Waals surface area contributed by atoms with Crippen molar-refractivity contribution in [3.8, 4) is 0 Å². The summed E-state index contributed by atoms with van der Waals surface area (Å²) < 4.78 is 4.85. The van der Waals surface area contributed by atoms with Gasteiger partial charge in [-0.3, -0.25) is 9.59 Å². The van der Waals surface area contributed by atoms with Crippen LogP contribution in [0.25, 0.3) is 0 Å². The highest BCUT2D eigenvalue weighted by atomic mass is 16.5. The number of nitrogens with one attached hydrogen (secondary N) is 3. The molecule has 1 heterocycles. The zero-order valence-electron chi connectivity index (χ0n) is 12.5. The Morgan fingerprint density at radius 2 is 2.05 bits per heavy atom. The number of anilines is 1. The Hall–Kier alpha value is -2.22. The Labute approximate surface area is 123 Å². The molecule has 0 aliphatic rings. The fraction of sp³-hybridized carbons (Fsp3) is 0.538. The van der Waals surface area contributed by atoms with Crippen molar-refractivity contribution in [3.63, 3.8) is 0 Å². The van der Waals surface area contributed by atoms with Crippen LogP contribution in [0.15, 0.2) is 12.1 Å². The summed E-state index contributed by atoms with van der Waals surface area (Å²) in [5.41, 5.74) is 0.236. The summed E-state index contributed by atoms with van der Waals surface area (Å²) in [6.07, 6.45) is 0. The molecule has 8 heteroatoms. The van der Waals surface area contributed by atoms with E-state index >= 15 is 0 Å². The van der Waals surface area contributed by atoms with Gasteiger partial charge in [-0.15, -0.1) is 10.2 Å². The molecular weight excluding hydrogens is 274 g/mol. The first kappa shape index (κ1) is 16.8. The maximum atomic E-state index is 11.7. The zero-order valence-corrected chi connectivity index (χ0v) is 12.5. The highest BCUT2D eigenvalue weighted by molar-refractivity contribution is 5.92. The van der Waals surface area contributed by atoms with E-state index in [0.717, 1.165) is 0 Å². The molecule has 0 aliphatic heterocycles. The number of aromatic nitrogens is 2. The van der Waals surface area contributed by atoms with Gasteiger partial charge in [0.25, 0.3) is 5.91 Å². The van der Waals surface area contributed by atoms with E-state index in [2.05, 4.69) is 26.1 Å². The normalized spacial score (nSPS) is 11.6. The molecule has 1 atom stereocenters. The summed E-state index contributed by atoms with van der Waals surface area (Å²) in [7, 11) is 1.57. The van der Waals surface area contributed by atoms with Crippen LogP contribution < -0.4 is 16.0 Å². The van der Waals surface area contributed by atoms with Crippen molar-refractivity contribution in [1.82, 2.24) is 20.8 Å². The quantitative estimate of drug-likeness (QED) is 0.573. The fourth-order valence-electron chi connectivity index (χ4n) is 1.50. The predicted molar refractivity (Wildman–Crippen MR) is 78.0 cm³/mol. The number of nitrogens with zero attached hydrogens (tertiary/aromatic N) is 2. The van der Waals surface area contributed by atoms with Gasteiger partial charge in [-0.2, -0.15) is 0 Å². The van der Waals surface area contributed by atoms with E-state index in [-0.39, 0.29) is 17.5 Å². The second kappa shape index (κ2) is 8.85. The summed E-state index contributed by atoms with van der Waals surface area (Å²) >= 11 is 0. The van der Waals surface area contributed by atoms with Gasteiger partial charge in [0.15, 0.2) is 5.69 Å². The van der Waals surface area contributed by atoms with Crippen molar-refractivity contribution in [2.75, 3.05) is 32.1 Å². The molecule has 1 rings (SSSR count). The van der Waals surface area contributed by atoms with Gasteiger partial charge < -0.3 is 20.7 Å². The third-order valence-corrected chi connectivity index (χ3v) is 2.60. The minimum Gasteiger partial charge on any atom is -0.383 e. The number of hydrogen-bond donors (Lipinski definition) is 3. The van der Waals surface area contributed by atoms with Crippen LogP contribution >= 0.6 is 0 Å². The molecule has 0 aromatic carbocycles. The summed E-state index contributed by atoms with van der Waals surface area (Å²) in [4.78, 5) is 23.3. The number of carbonyl (C=O) groups excluding carboxylic acids is 2. The molecule has 21 heavy (non-hydrogen) atoms. The smallest absolute Gasteiger partial charge is 0.271 e. The Bertz CT molecular complexity index is 463. The van der Waals surface area contributed by atoms with Gasteiger partial charge in [0, 0.05) is 20.2 Å². The first-order valence-corrected chi connectivity index (χ1v) is 6.73. The lowest BCUT2D eigenvalue weighted by atomic mass is 10.3. The van der Waals surface area contributed by atoms with Crippen molar-refractivity contribution >= 4 is 17.6 Å². The zero-order chi connectivity index (χ0) is 15.7. The monoisotopic (exact) mass is 295 g/mol. The Morgan fingerprint density at radius 3 is 2.62 bits per heavy atom. The molecule has 0 spiro atoms. The molecule has 0 saturated carbocycles. The van der Waals surface area contributed by atoms with E-state index in [4.69, 9.17) is 4.74 Å². The maximum Gasteiger partial charge on any atom is 0.271 e.